The number of hydrogen-bond acceptors (Lipinski definition) is 2. The summed E-state index contributed by atoms with van der Waals surface area (Å²) in [5, 5.41) is 3.24. The van der Waals surface area contributed by atoms with Gasteiger partial charge in [-0.25, -0.2) is 0 Å². The van der Waals surface area contributed by atoms with Crippen LogP contribution in [-0.4, -0.2) is 26.8 Å². The second-order valence-corrected chi connectivity index (χ2v) is 4.49. The molecule has 12 heavy (non-hydrogen) atoms. The summed E-state index contributed by atoms with van der Waals surface area (Å²) in [5.41, 5.74) is 0.531. The molecule has 0 aromatic carbocycles. The zero-order chi connectivity index (χ0) is 8.44. The van der Waals surface area contributed by atoms with Crippen LogP contribution in [0.5, 0.6) is 0 Å². The summed E-state index contributed by atoms with van der Waals surface area (Å²) in [6.07, 6.45) is 5.52. The molecule has 0 aromatic rings. The summed E-state index contributed by atoms with van der Waals surface area (Å²) < 4.78 is 5.70. The van der Waals surface area contributed by atoms with Crippen LogP contribution in [0.2, 0.25) is 0 Å². The topological polar surface area (TPSA) is 21.3 Å². The highest BCUT2D eigenvalue weighted by Gasteiger charge is 2.42. The molecule has 0 bridgehead atoms. The van der Waals surface area contributed by atoms with Crippen LogP contribution in [0.15, 0.2) is 0 Å². The van der Waals surface area contributed by atoms with Crippen molar-refractivity contribution in [2.45, 2.75) is 25.7 Å². The Balaban J connectivity index is 1.58. The van der Waals surface area contributed by atoms with E-state index in [-0.39, 0.29) is 0 Å². The summed E-state index contributed by atoms with van der Waals surface area (Å²) in [6, 6.07) is 0. The standard InChI is InChI=1S/C10H19NO/c1-11-7-10(4-5-10)8-12-6-9-2-3-9/h9,11H,2-8H2,1H3. The molecule has 2 rings (SSSR count). The summed E-state index contributed by atoms with van der Waals surface area (Å²) >= 11 is 0. The third kappa shape index (κ3) is 2.20. The van der Waals surface area contributed by atoms with Crippen molar-refractivity contribution in [2.24, 2.45) is 11.3 Å². The maximum atomic E-state index is 5.70. The number of nitrogens with one attached hydrogen (secondary N) is 1. The molecular formula is C10H19NO. The molecule has 0 aromatic heterocycles. The molecule has 0 saturated heterocycles. The van der Waals surface area contributed by atoms with Gasteiger partial charge < -0.3 is 10.1 Å². The highest BCUT2D eigenvalue weighted by atomic mass is 16.5. The van der Waals surface area contributed by atoms with E-state index in [0.29, 0.717) is 5.41 Å². The Labute approximate surface area is 74.7 Å². The highest BCUT2D eigenvalue weighted by molar-refractivity contribution is 4.94. The van der Waals surface area contributed by atoms with Gasteiger partial charge in [0.2, 0.25) is 0 Å². The van der Waals surface area contributed by atoms with E-state index in [1.807, 2.05) is 7.05 Å². The summed E-state index contributed by atoms with van der Waals surface area (Å²) in [5.74, 6) is 0.912. The van der Waals surface area contributed by atoms with Gasteiger partial charge in [-0.1, -0.05) is 0 Å². The Morgan fingerprint density at radius 2 is 2.17 bits per heavy atom. The third-order valence-electron chi connectivity index (χ3n) is 2.97. The van der Waals surface area contributed by atoms with Gasteiger partial charge in [-0.15, -0.1) is 0 Å². The molecule has 2 aliphatic carbocycles. The quantitative estimate of drug-likeness (QED) is 0.649. The molecule has 2 aliphatic rings. The van der Waals surface area contributed by atoms with Gasteiger partial charge in [-0.2, -0.15) is 0 Å². The van der Waals surface area contributed by atoms with Gasteiger partial charge in [0.25, 0.3) is 0 Å². The lowest BCUT2D eigenvalue weighted by Gasteiger charge is -2.14. The van der Waals surface area contributed by atoms with Gasteiger partial charge in [0.05, 0.1) is 6.61 Å². The van der Waals surface area contributed by atoms with E-state index in [1.165, 1.54) is 25.7 Å². The van der Waals surface area contributed by atoms with Crippen molar-refractivity contribution in [3.63, 3.8) is 0 Å². The van der Waals surface area contributed by atoms with E-state index in [4.69, 9.17) is 4.74 Å². The molecule has 70 valence electrons. The van der Waals surface area contributed by atoms with E-state index in [9.17, 15) is 0 Å². The fourth-order valence-electron chi connectivity index (χ4n) is 1.65. The van der Waals surface area contributed by atoms with Crippen molar-refractivity contribution in [1.29, 1.82) is 0 Å². The van der Waals surface area contributed by atoms with Gasteiger partial charge in [0.15, 0.2) is 0 Å². The minimum Gasteiger partial charge on any atom is -0.381 e. The normalized spacial score (nSPS) is 25.8. The van der Waals surface area contributed by atoms with Crippen LogP contribution >= 0.6 is 0 Å². The van der Waals surface area contributed by atoms with E-state index in [1.54, 1.807) is 0 Å². The van der Waals surface area contributed by atoms with E-state index < -0.39 is 0 Å². The molecule has 0 spiro atoms. The predicted octanol–water partition coefficient (Wildman–Crippen LogP) is 1.41. The third-order valence-corrected chi connectivity index (χ3v) is 2.97. The Hall–Kier alpha value is -0.0800. The average molecular weight is 169 g/mol. The molecule has 0 heterocycles. The zero-order valence-electron chi connectivity index (χ0n) is 7.94. The number of rotatable bonds is 6. The zero-order valence-corrected chi connectivity index (χ0v) is 7.94. The van der Waals surface area contributed by atoms with Crippen molar-refractivity contribution in [3.8, 4) is 0 Å². The molecule has 2 nitrogen and oxygen atoms in total. The number of ether oxygens (including phenoxy) is 1. The smallest absolute Gasteiger partial charge is 0.0534 e. The van der Waals surface area contributed by atoms with Gasteiger partial charge in [0, 0.05) is 18.6 Å². The van der Waals surface area contributed by atoms with Gasteiger partial charge in [0.1, 0.15) is 0 Å². The second-order valence-electron chi connectivity index (χ2n) is 4.49. The first-order chi connectivity index (χ1) is 5.85. The van der Waals surface area contributed by atoms with Crippen LogP contribution in [0.1, 0.15) is 25.7 Å². The first-order valence-corrected chi connectivity index (χ1v) is 5.07. The van der Waals surface area contributed by atoms with Gasteiger partial charge in [-0.3, -0.25) is 0 Å². The Morgan fingerprint density at radius 1 is 1.42 bits per heavy atom. The first kappa shape index (κ1) is 8.52. The van der Waals surface area contributed by atoms with Gasteiger partial charge in [-0.05, 0) is 38.6 Å². The maximum Gasteiger partial charge on any atom is 0.0534 e. The monoisotopic (exact) mass is 169 g/mol. The maximum absolute atomic E-state index is 5.70. The Bertz CT molecular complexity index is 150. The molecular weight excluding hydrogens is 150 g/mol. The molecule has 0 radical (unpaired) electrons. The summed E-state index contributed by atoms with van der Waals surface area (Å²) in [7, 11) is 2.03. The van der Waals surface area contributed by atoms with Crippen molar-refractivity contribution < 1.29 is 4.74 Å². The summed E-state index contributed by atoms with van der Waals surface area (Å²) in [4.78, 5) is 0. The molecule has 0 amide bonds. The molecule has 2 heteroatoms. The van der Waals surface area contributed by atoms with Crippen LogP contribution in [0.3, 0.4) is 0 Å². The van der Waals surface area contributed by atoms with Crippen LogP contribution in [0, 0.1) is 11.3 Å². The molecule has 0 aliphatic heterocycles. The Kier molecular flexibility index (Phi) is 2.37. The predicted molar refractivity (Wildman–Crippen MR) is 49.1 cm³/mol. The van der Waals surface area contributed by atoms with Crippen LogP contribution in [-0.2, 0) is 4.74 Å². The van der Waals surface area contributed by atoms with E-state index >= 15 is 0 Å². The van der Waals surface area contributed by atoms with Crippen molar-refractivity contribution >= 4 is 0 Å². The SMILES string of the molecule is CNCC1(COCC2CC2)CC1. The molecule has 1 N–H and O–H groups in total. The first-order valence-electron chi connectivity index (χ1n) is 5.07. The van der Waals surface area contributed by atoms with Crippen LogP contribution < -0.4 is 5.32 Å². The summed E-state index contributed by atoms with van der Waals surface area (Å²) in [6.45, 7) is 3.15. The van der Waals surface area contributed by atoms with E-state index in [2.05, 4.69) is 5.32 Å². The van der Waals surface area contributed by atoms with Gasteiger partial charge >= 0.3 is 0 Å². The van der Waals surface area contributed by atoms with Crippen molar-refractivity contribution in [3.05, 3.63) is 0 Å². The molecule has 0 atom stereocenters. The van der Waals surface area contributed by atoms with E-state index in [0.717, 1.165) is 25.7 Å². The highest BCUT2D eigenvalue weighted by Crippen LogP contribution is 2.45. The van der Waals surface area contributed by atoms with Crippen LogP contribution in [0.4, 0.5) is 0 Å². The Morgan fingerprint density at radius 3 is 2.67 bits per heavy atom. The minimum atomic E-state index is 0.531. The van der Waals surface area contributed by atoms with Crippen molar-refractivity contribution in [1.82, 2.24) is 5.32 Å². The lowest BCUT2D eigenvalue weighted by molar-refractivity contribution is 0.0827. The van der Waals surface area contributed by atoms with Crippen LogP contribution in [0.25, 0.3) is 0 Å². The molecule has 0 unspecified atom stereocenters. The average Bonchev–Trinajstić information content (AvgIpc) is 2.87. The molecule has 2 fully saturated rings. The second kappa shape index (κ2) is 3.35. The number of hydrogen-bond donors (Lipinski definition) is 1. The minimum absolute atomic E-state index is 0.531. The lowest BCUT2D eigenvalue weighted by atomic mass is 10.1. The fraction of sp³-hybridized carbons (Fsp3) is 1.00. The molecule has 2 saturated carbocycles. The van der Waals surface area contributed by atoms with Crippen molar-refractivity contribution in [2.75, 3.05) is 26.8 Å². The lowest BCUT2D eigenvalue weighted by Crippen LogP contribution is -2.24. The largest absolute Gasteiger partial charge is 0.381 e. The fourth-order valence-corrected chi connectivity index (χ4v) is 1.65.